The number of nitrogens with zero attached hydrogens (tertiary/aromatic N) is 2. The summed E-state index contributed by atoms with van der Waals surface area (Å²) in [5, 5.41) is 3.59. The molecule has 6 nitrogen and oxygen atoms in total. The maximum Gasteiger partial charge on any atom is 0.280 e. The van der Waals surface area contributed by atoms with Gasteiger partial charge in [-0.2, -0.15) is 0 Å². The van der Waals surface area contributed by atoms with Crippen molar-refractivity contribution in [2.45, 2.75) is 24.9 Å². The monoisotopic (exact) mass is 368 g/mol. The Labute approximate surface area is 155 Å². The summed E-state index contributed by atoms with van der Waals surface area (Å²) in [5.41, 5.74) is 2.18. The minimum Gasteiger partial charge on any atom is -0.334 e. The Morgan fingerprint density at radius 3 is 2.58 bits per heavy atom. The third-order valence-electron chi connectivity index (χ3n) is 3.97. The number of anilines is 1. The number of carbonyl (C=O) groups is 1. The maximum absolute atomic E-state index is 12.3. The lowest BCUT2D eigenvalue weighted by molar-refractivity contribution is -0.113. The fourth-order valence-corrected chi connectivity index (χ4v) is 3.22. The van der Waals surface area contributed by atoms with Crippen LogP contribution in [0.1, 0.15) is 25.3 Å². The largest absolute Gasteiger partial charge is 0.334 e. The molecule has 1 amide bonds. The van der Waals surface area contributed by atoms with Crippen molar-refractivity contribution in [3.8, 4) is 0 Å². The molecule has 3 aromatic rings. The normalized spacial score (nSPS) is 11.0. The smallest absolute Gasteiger partial charge is 0.280 e. The number of nitrogen functional groups attached to an aromatic ring is 1. The molecule has 26 heavy (non-hydrogen) atoms. The van der Waals surface area contributed by atoms with Crippen LogP contribution in [0.25, 0.3) is 10.9 Å². The van der Waals surface area contributed by atoms with Gasteiger partial charge in [0.15, 0.2) is 5.16 Å². The number of thioether (sulfide) groups is 1. The highest BCUT2D eigenvalue weighted by Gasteiger charge is 2.11. The van der Waals surface area contributed by atoms with Crippen molar-refractivity contribution in [2.75, 3.05) is 16.9 Å². The van der Waals surface area contributed by atoms with E-state index in [1.807, 2.05) is 24.3 Å². The number of carbonyl (C=O) groups excluding carboxylic acids is 1. The molecule has 0 atom stereocenters. The molecule has 7 heteroatoms. The van der Waals surface area contributed by atoms with E-state index < -0.39 is 0 Å². The minimum absolute atomic E-state index is 0.105. The van der Waals surface area contributed by atoms with Crippen LogP contribution in [0.15, 0.2) is 58.5 Å². The Hall–Kier alpha value is -2.80. The summed E-state index contributed by atoms with van der Waals surface area (Å²) in [6.07, 6.45) is 0. The van der Waals surface area contributed by atoms with Crippen LogP contribution in [-0.2, 0) is 4.79 Å². The number of benzene rings is 2. The van der Waals surface area contributed by atoms with E-state index in [1.165, 1.54) is 5.56 Å². The molecule has 0 aliphatic rings. The van der Waals surface area contributed by atoms with Crippen molar-refractivity contribution >= 4 is 34.3 Å². The fourth-order valence-electron chi connectivity index (χ4n) is 2.51. The van der Waals surface area contributed by atoms with Gasteiger partial charge in [0.2, 0.25) is 5.91 Å². The van der Waals surface area contributed by atoms with Gasteiger partial charge in [-0.1, -0.05) is 49.9 Å². The highest BCUT2D eigenvalue weighted by molar-refractivity contribution is 7.99. The van der Waals surface area contributed by atoms with Crippen LogP contribution in [0.4, 0.5) is 5.69 Å². The molecule has 1 aromatic heterocycles. The zero-order chi connectivity index (χ0) is 18.7. The first-order valence-corrected chi connectivity index (χ1v) is 9.23. The third-order valence-corrected chi connectivity index (χ3v) is 4.92. The summed E-state index contributed by atoms with van der Waals surface area (Å²) in [6.45, 7) is 4.24. The molecule has 3 N–H and O–H groups in total. The van der Waals surface area contributed by atoms with E-state index in [1.54, 1.807) is 24.3 Å². The van der Waals surface area contributed by atoms with E-state index in [2.05, 4.69) is 24.1 Å². The number of nitrogens with one attached hydrogen (secondary N) is 1. The van der Waals surface area contributed by atoms with Crippen molar-refractivity contribution in [1.29, 1.82) is 0 Å². The molecule has 1 heterocycles. The number of hydrogen-bond donors (Lipinski definition) is 2. The summed E-state index contributed by atoms with van der Waals surface area (Å²) in [5.74, 6) is 6.18. The van der Waals surface area contributed by atoms with Crippen LogP contribution < -0.4 is 16.7 Å². The molecule has 134 valence electrons. The molecule has 0 aliphatic heterocycles. The van der Waals surface area contributed by atoms with E-state index in [0.717, 1.165) is 22.1 Å². The topological polar surface area (TPSA) is 90.0 Å². The quantitative estimate of drug-likeness (QED) is 0.410. The van der Waals surface area contributed by atoms with Gasteiger partial charge in [0.1, 0.15) is 0 Å². The lowest BCUT2D eigenvalue weighted by Crippen LogP contribution is -2.30. The summed E-state index contributed by atoms with van der Waals surface area (Å²) in [6, 6.07) is 14.7. The van der Waals surface area contributed by atoms with Gasteiger partial charge < -0.3 is 11.2 Å². The summed E-state index contributed by atoms with van der Waals surface area (Å²) < 4.78 is 0.984. The lowest BCUT2D eigenvalue weighted by atomic mass is 10.0. The van der Waals surface area contributed by atoms with E-state index in [0.29, 0.717) is 22.0 Å². The molecule has 0 fully saturated rings. The second kappa shape index (κ2) is 7.61. The number of fused-ring (bicyclic) bond motifs is 1. The standard InChI is InChI=1S/C19H20N4O2S/c1-12(2)13-7-9-14(10-8-13)21-17(24)11-26-19-22-16-6-4-3-5-15(16)18(25)23(19)20/h3-10,12H,11,20H2,1-2H3,(H,21,24). The van der Waals surface area contributed by atoms with Crippen LogP contribution in [0.2, 0.25) is 0 Å². The Morgan fingerprint density at radius 2 is 1.88 bits per heavy atom. The van der Waals surface area contributed by atoms with Crippen LogP contribution in [0.3, 0.4) is 0 Å². The third kappa shape index (κ3) is 3.88. The van der Waals surface area contributed by atoms with Crippen molar-refractivity contribution in [1.82, 2.24) is 9.66 Å². The number of amides is 1. The van der Waals surface area contributed by atoms with Gasteiger partial charge in [-0.05, 0) is 35.7 Å². The molecule has 0 aliphatic carbocycles. The second-order valence-corrected chi connectivity index (χ2v) is 7.14. The first-order chi connectivity index (χ1) is 12.5. The van der Waals surface area contributed by atoms with Gasteiger partial charge in [0.25, 0.3) is 5.56 Å². The van der Waals surface area contributed by atoms with Gasteiger partial charge in [-0.15, -0.1) is 0 Å². The first-order valence-electron chi connectivity index (χ1n) is 8.25. The fraction of sp³-hybridized carbons (Fsp3) is 0.211. The van der Waals surface area contributed by atoms with Crippen LogP contribution >= 0.6 is 11.8 Å². The van der Waals surface area contributed by atoms with Crippen molar-refractivity contribution in [2.24, 2.45) is 0 Å². The molecule has 0 saturated carbocycles. The SMILES string of the molecule is CC(C)c1ccc(NC(=O)CSc2nc3ccccc3c(=O)n2N)cc1. The van der Waals surface area contributed by atoms with Crippen LogP contribution in [-0.4, -0.2) is 21.3 Å². The maximum atomic E-state index is 12.3. The average molecular weight is 368 g/mol. The number of nitrogens with two attached hydrogens (primary N) is 1. The van der Waals surface area contributed by atoms with E-state index in [-0.39, 0.29) is 17.2 Å². The van der Waals surface area contributed by atoms with E-state index >= 15 is 0 Å². The van der Waals surface area contributed by atoms with Crippen molar-refractivity contribution in [3.63, 3.8) is 0 Å². The van der Waals surface area contributed by atoms with Gasteiger partial charge in [0, 0.05) is 5.69 Å². The minimum atomic E-state index is -0.331. The molecular formula is C19H20N4O2S. The molecule has 0 saturated heterocycles. The second-order valence-electron chi connectivity index (χ2n) is 6.20. The summed E-state index contributed by atoms with van der Waals surface area (Å²) in [7, 11) is 0. The molecule has 0 unspecified atom stereocenters. The number of rotatable bonds is 5. The van der Waals surface area contributed by atoms with Crippen molar-refractivity contribution in [3.05, 3.63) is 64.4 Å². The van der Waals surface area contributed by atoms with Gasteiger partial charge in [-0.3, -0.25) is 9.59 Å². The van der Waals surface area contributed by atoms with Crippen LogP contribution in [0.5, 0.6) is 0 Å². The molecule has 0 spiro atoms. The Kier molecular flexibility index (Phi) is 5.27. The van der Waals surface area contributed by atoms with Crippen molar-refractivity contribution < 1.29 is 4.79 Å². The predicted octanol–water partition coefficient (Wildman–Crippen LogP) is 2.96. The lowest BCUT2D eigenvalue weighted by Gasteiger charge is -2.10. The Morgan fingerprint density at radius 1 is 1.19 bits per heavy atom. The zero-order valence-corrected chi connectivity index (χ0v) is 15.4. The summed E-state index contributed by atoms with van der Waals surface area (Å²) in [4.78, 5) is 28.8. The molecular weight excluding hydrogens is 348 g/mol. The van der Waals surface area contributed by atoms with Crippen LogP contribution in [0, 0.1) is 0 Å². The summed E-state index contributed by atoms with van der Waals surface area (Å²) >= 11 is 1.13. The Balaban J connectivity index is 1.69. The van der Waals surface area contributed by atoms with Gasteiger partial charge in [-0.25, -0.2) is 9.66 Å². The molecule has 3 rings (SSSR count). The van der Waals surface area contributed by atoms with E-state index in [9.17, 15) is 9.59 Å². The zero-order valence-electron chi connectivity index (χ0n) is 14.6. The Bertz CT molecular complexity index is 997. The average Bonchev–Trinajstić information content (AvgIpc) is 2.64. The number of aromatic nitrogens is 2. The first kappa shape index (κ1) is 18.0. The number of para-hydroxylation sites is 1. The van der Waals surface area contributed by atoms with E-state index in [4.69, 9.17) is 5.84 Å². The predicted molar refractivity (Wildman–Crippen MR) is 106 cm³/mol. The highest BCUT2D eigenvalue weighted by atomic mass is 32.2. The molecule has 2 aromatic carbocycles. The van der Waals surface area contributed by atoms with Gasteiger partial charge in [0.05, 0.1) is 16.7 Å². The highest BCUT2D eigenvalue weighted by Crippen LogP contribution is 2.19. The molecule has 0 bridgehead atoms. The van der Waals surface area contributed by atoms with Gasteiger partial charge >= 0.3 is 0 Å². The number of hydrogen-bond acceptors (Lipinski definition) is 5. The molecule has 0 radical (unpaired) electrons.